The van der Waals surface area contributed by atoms with Gasteiger partial charge in [0.1, 0.15) is 0 Å². The van der Waals surface area contributed by atoms with Gasteiger partial charge in [-0.1, -0.05) is 6.08 Å². The van der Waals surface area contributed by atoms with Crippen molar-refractivity contribution in [1.29, 1.82) is 0 Å². The molecule has 0 aromatic carbocycles. The average molecular weight is 226 g/mol. The Hall–Kier alpha value is -0.380. The van der Waals surface area contributed by atoms with Crippen LogP contribution < -0.4 is 0 Å². The standard InChI is InChI=1S/C13H22O3/c1-2-3-12(14)11-4-7-16-13(10-11)5-8-15-9-6-13/h2,11-12,14H,1,3-10H2. The molecular weight excluding hydrogens is 204 g/mol. The van der Waals surface area contributed by atoms with Crippen molar-refractivity contribution >= 4 is 0 Å². The van der Waals surface area contributed by atoms with Crippen LogP contribution >= 0.6 is 0 Å². The number of hydrogen-bond donors (Lipinski definition) is 1. The maximum atomic E-state index is 10.0. The van der Waals surface area contributed by atoms with Crippen LogP contribution in [0.5, 0.6) is 0 Å². The van der Waals surface area contributed by atoms with Crippen LogP contribution in [0.25, 0.3) is 0 Å². The van der Waals surface area contributed by atoms with Crippen LogP contribution in [0.1, 0.15) is 32.1 Å². The maximum Gasteiger partial charge on any atom is 0.0730 e. The third-order valence-electron chi connectivity index (χ3n) is 3.89. The molecule has 16 heavy (non-hydrogen) atoms. The van der Waals surface area contributed by atoms with Gasteiger partial charge in [0, 0.05) is 19.8 Å². The largest absolute Gasteiger partial charge is 0.393 e. The van der Waals surface area contributed by atoms with Gasteiger partial charge < -0.3 is 14.6 Å². The Morgan fingerprint density at radius 2 is 2.12 bits per heavy atom. The molecule has 0 radical (unpaired) electrons. The monoisotopic (exact) mass is 226 g/mol. The quantitative estimate of drug-likeness (QED) is 0.747. The molecule has 0 bridgehead atoms. The van der Waals surface area contributed by atoms with Crippen molar-refractivity contribution in [2.45, 2.75) is 43.8 Å². The zero-order valence-electron chi connectivity index (χ0n) is 9.86. The van der Waals surface area contributed by atoms with E-state index in [1.54, 1.807) is 6.08 Å². The van der Waals surface area contributed by atoms with Crippen molar-refractivity contribution < 1.29 is 14.6 Å². The minimum atomic E-state index is -0.249. The zero-order chi connectivity index (χ0) is 11.4. The first kappa shape index (κ1) is 12.1. The molecule has 0 aromatic heterocycles. The Balaban J connectivity index is 1.94. The normalized spacial score (nSPS) is 31.2. The highest BCUT2D eigenvalue weighted by atomic mass is 16.5. The van der Waals surface area contributed by atoms with Gasteiger partial charge in [-0.05, 0) is 38.0 Å². The number of aliphatic hydroxyl groups excluding tert-OH is 1. The van der Waals surface area contributed by atoms with Gasteiger partial charge in [-0.2, -0.15) is 0 Å². The summed E-state index contributed by atoms with van der Waals surface area (Å²) >= 11 is 0. The minimum absolute atomic E-state index is 0.0106. The van der Waals surface area contributed by atoms with E-state index in [9.17, 15) is 5.11 Å². The van der Waals surface area contributed by atoms with Gasteiger partial charge in [0.25, 0.3) is 0 Å². The van der Waals surface area contributed by atoms with E-state index >= 15 is 0 Å². The lowest BCUT2D eigenvalue weighted by Crippen LogP contribution is -2.46. The molecule has 2 unspecified atom stereocenters. The molecule has 2 atom stereocenters. The van der Waals surface area contributed by atoms with E-state index in [2.05, 4.69) is 6.58 Å². The smallest absolute Gasteiger partial charge is 0.0730 e. The van der Waals surface area contributed by atoms with E-state index < -0.39 is 0 Å². The number of aliphatic hydroxyl groups is 1. The Morgan fingerprint density at radius 3 is 2.81 bits per heavy atom. The van der Waals surface area contributed by atoms with Crippen LogP contribution in [0.15, 0.2) is 12.7 Å². The van der Waals surface area contributed by atoms with E-state index in [1.807, 2.05) is 0 Å². The van der Waals surface area contributed by atoms with E-state index in [-0.39, 0.29) is 11.7 Å². The van der Waals surface area contributed by atoms with Crippen LogP contribution in [-0.2, 0) is 9.47 Å². The molecule has 0 aromatic rings. The second kappa shape index (κ2) is 5.30. The fourth-order valence-corrected chi connectivity index (χ4v) is 2.85. The van der Waals surface area contributed by atoms with Crippen molar-refractivity contribution in [3.63, 3.8) is 0 Å². The molecular formula is C13H22O3. The summed E-state index contributed by atoms with van der Waals surface area (Å²) < 4.78 is 11.3. The van der Waals surface area contributed by atoms with Crippen LogP contribution in [0.3, 0.4) is 0 Å². The maximum absolute atomic E-state index is 10.0. The molecule has 2 saturated heterocycles. The molecule has 0 aliphatic carbocycles. The fraction of sp³-hybridized carbons (Fsp3) is 0.846. The Bertz CT molecular complexity index is 228. The highest BCUT2D eigenvalue weighted by molar-refractivity contribution is 4.92. The molecule has 1 spiro atoms. The Morgan fingerprint density at radius 1 is 1.38 bits per heavy atom. The number of hydrogen-bond acceptors (Lipinski definition) is 3. The van der Waals surface area contributed by atoms with E-state index in [1.165, 1.54) is 0 Å². The summed E-state index contributed by atoms with van der Waals surface area (Å²) in [4.78, 5) is 0. The molecule has 0 amide bonds. The van der Waals surface area contributed by atoms with Gasteiger partial charge in [0.05, 0.1) is 11.7 Å². The first-order valence-electron chi connectivity index (χ1n) is 6.26. The molecule has 92 valence electrons. The SMILES string of the molecule is C=CCC(O)C1CCOC2(CCOCC2)C1. The van der Waals surface area contributed by atoms with Crippen LogP contribution in [0.2, 0.25) is 0 Å². The van der Waals surface area contributed by atoms with Crippen molar-refractivity contribution in [2.24, 2.45) is 5.92 Å². The molecule has 0 saturated carbocycles. The predicted molar refractivity (Wildman–Crippen MR) is 62.3 cm³/mol. The van der Waals surface area contributed by atoms with Crippen LogP contribution in [-0.4, -0.2) is 36.6 Å². The first-order chi connectivity index (χ1) is 7.76. The highest BCUT2D eigenvalue weighted by Crippen LogP contribution is 2.38. The molecule has 3 nitrogen and oxygen atoms in total. The Labute approximate surface area is 97.4 Å². The van der Waals surface area contributed by atoms with Crippen molar-refractivity contribution in [2.75, 3.05) is 19.8 Å². The second-order valence-electron chi connectivity index (χ2n) is 4.99. The van der Waals surface area contributed by atoms with Gasteiger partial charge in [-0.15, -0.1) is 6.58 Å². The van der Waals surface area contributed by atoms with Crippen molar-refractivity contribution in [1.82, 2.24) is 0 Å². The van der Waals surface area contributed by atoms with Gasteiger partial charge >= 0.3 is 0 Å². The van der Waals surface area contributed by atoms with Gasteiger partial charge in [-0.25, -0.2) is 0 Å². The lowest BCUT2D eigenvalue weighted by molar-refractivity contribution is -0.158. The highest BCUT2D eigenvalue weighted by Gasteiger charge is 2.40. The molecule has 2 aliphatic heterocycles. The average Bonchev–Trinajstić information content (AvgIpc) is 2.30. The molecule has 2 fully saturated rings. The van der Waals surface area contributed by atoms with Crippen LogP contribution in [0.4, 0.5) is 0 Å². The molecule has 1 N–H and O–H groups in total. The van der Waals surface area contributed by atoms with E-state index in [0.29, 0.717) is 12.3 Å². The lowest BCUT2D eigenvalue weighted by Gasteiger charge is -2.44. The van der Waals surface area contributed by atoms with Crippen molar-refractivity contribution in [3.05, 3.63) is 12.7 Å². The molecule has 2 heterocycles. The second-order valence-corrected chi connectivity index (χ2v) is 4.99. The summed E-state index contributed by atoms with van der Waals surface area (Å²) in [5.74, 6) is 0.366. The third kappa shape index (κ3) is 2.65. The third-order valence-corrected chi connectivity index (χ3v) is 3.89. The van der Waals surface area contributed by atoms with Gasteiger partial charge in [-0.3, -0.25) is 0 Å². The summed E-state index contributed by atoms with van der Waals surface area (Å²) in [5, 5.41) is 10.0. The molecule has 2 aliphatic rings. The van der Waals surface area contributed by atoms with Crippen LogP contribution in [0, 0.1) is 5.92 Å². The summed E-state index contributed by atoms with van der Waals surface area (Å²) in [6, 6.07) is 0. The summed E-state index contributed by atoms with van der Waals surface area (Å²) in [7, 11) is 0. The Kier molecular flexibility index (Phi) is 4.00. The summed E-state index contributed by atoms with van der Waals surface area (Å²) in [6.45, 7) is 6.06. The summed E-state index contributed by atoms with van der Waals surface area (Å²) in [6.07, 6.45) is 6.15. The molecule has 3 heteroatoms. The van der Waals surface area contributed by atoms with Gasteiger partial charge in [0.2, 0.25) is 0 Å². The lowest BCUT2D eigenvalue weighted by atomic mass is 9.78. The van der Waals surface area contributed by atoms with Gasteiger partial charge in [0.15, 0.2) is 0 Å². The van der Waals surface area contributed by atoms with E-state index in [0.717, 1.165) is 45.5 Å². The fourth-order valence-electron chi connectivity index (χ4n) is 2.85. The topological polar surface area (TPSA) is 38.7 Å². The minimum Gasteiger partial charge on any atom is -0.393 e. The number of ether oxygens (including phenoxy) is 2. The zero-order valence-corrected chi connectivity index (χ0v) is 9.86. The summed E-state index contributed by atoms with van der Waals surface area (Å²) in [5.41, 5.74) is -0.0106. The number of rotatable bonds is 3. The molecule has 2 rings (SSSR count). The predicted octanol–water partition coefficient (Wildman–Crippen LogP) is 1.90. The van der Waals surface area contributed by atoms with E-state index in [4.69, 9.17) is 9.47 Å². The van der Waals surface area contributed by atoms with Crippen molar-refractivity contribution in [3.8, 4) is 0 Å². The first-order valence-corrected chi connectivity index (χ1v) is 6.26.